The van der Waals surface area contributed by atoms with Crippen LogP contribution >= 0.6 is 11.6 Å². The van der Waals surface area contributed by atoms with Crippen molar-refractivity contribution in [2.75, 3.05) is 0 Å². The highest BCUT2D eigenvalue weighted by atomic mass is 35.5. The summed E-state index contributed by atoms with van der Waals surface area (Å²) in [6, 6.07) is 2.55. The van der Waals surface area contributed by atoms with Crippen molar-refractivity contribution in [3.05, 3.63) is 23.7 Å². The van der Waals surface area contributed by atoms with E-state index in [1.807, 2.05) is 12.3 Å². The summed E-state index contributed by atoms with van der Waals surface area (Å²) in [5, 5.41) is 0. The lowest BCUT2D eigenvalue weighted by molar-refractivity contribution is 0.353. The molecule has 1 aliphatic carbocycles. The van der Waals surface area contributed by atoms with Gasteiger partial charge in [-0.15, -0.1) is 11.6 Å². The SMILES string of the molecule is Cc1ccnc2c1nc(CCl)n2C1CCCCC1. The van der Waals surface area contributed by atoms with E-state index in [-0.39, 0.29) is 0 Å². The smallest absolute Gasteiger partial charge is 0.160 e. The standard InChI is InChI=1S/C14H18ClN3/c1-10-7-8-16-14-13(10)17-12(9-15)18(14)11-5-3-2-4-6-11/h7-8,11H,2-6,9H2,1H3. The molecule has 3 rings (SSSR count). The number of fused-ring (bicyclic) bond motifs is 1. The molecule has 2 heterocycles. The van der Waals surface area contributed by atoms with Crippen molar-refractivity contribution in [1.82, 2.24) is 14.5 Å². The van der Waals surface area contributed by atoms with E-state index in [1.165, 1.54) is 37.7 Å². The molecule has 3 nitrogen and oxygen atoms in total. The zero-order valence-electron chi connectivity index (χ0n) is 10.7. The van der Waals surface area contributed by atoms with Crippen LogP contribution in [0.4, 0.5) is 0 Å². The molecule has 4 heteroatoms. The van der Waals surface area contributed by atoms with Crippen LogP contribution in [-0.4, -0.2) is 14.5 Å². The van der Waals surface area contributed by atoms with Gasteiger partial charge in [0.25, 0.3) is 0 Å². The summed E-state index contributed by atoms with van der Waals surface area (Å²) in [6.45, 7) is 2.08. The largest absolute Gasteiger partial charge is 0.309 e. The number of pyridine rings is 1. The Hall–Kier alpha value is -1.09. The summed E-state index contributed by atoms with van der Waals surface area (Å²) in [5.74, 6) is 1.44. The number of alkyl halides is 1. The van der Waals surface area contributed by atoms with Crippen molar-refractivity contribution in [3.8, 4) is 0 Å². The Morgan fingerprint density at radius 2 is 2.11 bits per heavy atom. The first-order valence-corrected chi connectivity index (χ1v) is 7.23. The van der Waals surface area contributed by atoms with Gasteiger partial charge in [0.1, 0.15) is 11.3 Å². The highest BCUT2D eigenvalue weighted by Gasteiger charge is 2.22. The molecule has 0 amide bonds. The molecule has 0 spiro atoms. The number of aromatic nitrogens is 3. The molecule has 0 saturated heterocycles. The number of rotatable bonds is 2. The third kappa shape index (κ3) is 1.91. The second-order valence-electron chi connectivity index (χ2n) is 5.12. The van der Waals surface area contributed by atoms with Crippen LogP contribution in [0.5, 0.6) is 0 Å². The van der Waals surface area contributed by atoms with Gasteiger partial charge in [-0.25, -0.2) is 9.97 Å². The minimum absolute atomic E-state index is 0.465. The van der Waals surface area contributed by atoms with E-state index in [2.05, 4.69) is 21.5 Å². The maximum atomic E-state index is 6.06. The van der Waals surface area contributed by atoms with Crippen molar-refractivity contribution in [1.29, 1.82) is 0 Å². The predicted octanol–water partition coefficient (Wildman–Crippen LogP) is 3.98. The maximum absolute atomic E-state index is 6.06. The van der Waals surface area contributed by atoms with Crippen LogP contribution in [0.25, 0.3) is 11.2 Å². The van der Waals surface area contributed by atoms with Gasteiger partial charge in [-0.3, -0.25) is 0 Å². The average molecular weight is 264 g/mol. The summed E-state index contributed by atoms with van der Waals surface area (Å²) in [4.78, 5) is 9.20. The first-order chi connectivity index (χ1) is 8.81. The molecule has 0 aromatic carbocycles. The predicted molar refractivity (Wildman–Crippen MR) is 73.9 cm³/mol. The topological polar surface area (TPSA) is 30.7 Å². The van der Waals surface area contributed by atoms with Gasteiger partial charge >= 0.3 is 0 Å². The summed E-state index contributed by atoms with van der Waals surface area (Å²) < 4.78 is 2.29. The monoisotopic (exact) mass is 263 g/mol. The van der Waals surface area contributed by atoms with E-state index in [0.29, 0.717) is 11.9 Å². The maximum Gasteiger partial charge on any atom is 0.160 e. The van der Waals surface area contributed by atoms with Crippen LogP contribution in [0.1, 0.15) is 49.5 Å². The van der Waals surface area contributed by atoms with E-state index in [4.69, 9.17) is 11.6 Å². The number of aryl methyl sites for hydroxylation is 1. The molecule has 96 valence electrons. The highest BCUT2D eigenvalue weighted by Crippen LogP contribution is 2.32. The van der Waals surface area contributed by atoms with Crippen molar-refractivity contribution in [2.45, 2.75) is 50.9 Å². The third-order valence-corrected chi connectivity index (χ3v) is 4.15. The van der Waals surface area contributed by atoms with Gasteiger partial charge in [0.05, 0.1) is 5.88 Å². The van der Waals surface area contributed by atoms with Crippen molar-refractivity contribution in [3.63, 3.8) is 0 Å². The Balaban J connectivity index is 2.16. The van der Waals surface area contributed by atoms with Gasteiger partial charge in [0.15, 0.2) is 5.65 Å². The summed E-state index contributed by atoms with van der Waals surface area (Å²) in [7, 11) is 0. The molecule has 0 unspecified atom stereocenters. The molecule has 2 aromatic heterocycles. The fourth-order valence-corrected chi connectivity index (χ4v) is 3.16. The minimum atomic E-state index is 0.465. The molecule has 0 radical (unpaired) electrons. The molecule has 18 heavy (non-hydrogen) atoms. The van der Waals surface area contributed by atoms with Gasteiger partial charge in [-0.05, 0) is 31.4 Å². The van der Waals surface area contributed by atoms with Crippen LogP contribution in [0.2, 0.25) is 0 Å². The van der Waals surface area contributed by atoms with Crippen LogP contribution in [-0.2, 0) is 5.88 Å². The quantitative estimate of drug-likeness (QED) is 0.767. The normalized spacial score (nSPS) is 17.4. The summed E-state index contributed by atoms with van der Waals surface area (Å²) >= 11 is 6.06. The second kappa shape index (κ2) is 4.88. The van der Waals surface area contributed by atoms with Gasteiger partial charge in [-0.2, -0.15) is 0 Å². The number of imidazole rings is 1. The second-order valence-corrected chi connectivity index (χ2v) is 5.39. The summed E-state index contributed by atoms with van der Waals surface area (Å²) in [6.07, 6.45) is 8.29. The van der Waals surface area contributed by atoms with Crippen molar-refractivity contribution >= 4 is 22.8 Å². The van der Waals surface area contributed by atoms with E-state index in [1.54, 1.807) is 0 Å². The zero-order valence-corrected chi connectivity index (χ0v) is 11.5. The Morgan fingerprint density at radius 1 is 1.33 bits per heavy atom. The van der Waals surface area contributed by atoms with Gasteiger partial charge in [-0.1, -0.05) is 19.3 Å². The van der Waals surface area contributed by atoms with E-state index < -0.39 is 0 Å². The molecule has 1 fully saturated rings. The Morgan fingerprint density at radius 3 is 2.83 bits per heavy atom. The number of hydrogen-bond acceptors (Lipinski definition) is 2. The van der Waals surface area contributed by atoms with E-state index >= 15 is 0 Å². The first-order valence-electron chi connectivity index (χ1n) is 6.69. The third-order valence-electron chi connectivity index (χ3n) is 3.91. The van der Waals surface area contributed by atoms with Gasteiger partial charge < -0.3 is 4.57 Å². The first kappa shape index (κ1) is 12.0. The molecular weight excluding hydrogens is 246 g/mol. The molecule has 1 aliphatic rings. The number of nitrogens with zero attached hydrogens (tertiary/aromatic N) is 3. The molecule has 0 N–H and O–H groups in total. The fourth-order valence-electron chi connectivity index (χ4n) is 2.97. The van der Waals surface area contributed by atoms with Gasteiger partial charge in [0, 0.05) is 12.2 Å². The number of halogens is 1. The number of hydrogen-bond donors (Lipinski definition) is 0. The minimum Gasteiger partial charge on any atom is -0.309 e. The lowest BCUT2D eigenvalue weighted by atomic mass is 9.95. The van der Waals surface area contributed by atoms with E-state index in [9.17, 15) is 0 Å². The van der Waals surface area contributed by atoms with Crippen molar-refractivity contribution < 1.29 is 0 Å². The lowest BCUT2D eigenvalue weighted by Crippen LogP contribution is -2.15. The molecule has 0 aliphatic heterocycles. The van der Waals surface area contributed by atoms with Crippen molar-refractivity contribution in [2.24, 2.45) is 0 Å². The average Bonchev–Trinajstić information content (AvgIpc) is 2.80. The van der Waals surface area contributed by atoms with Crippen LogP contribution in [0, 0.1) is 6.92 Å². The molecule has 2 aromatic rings. The molecule has 0 bridgehead atoms. The molecular formula is C14H18ClN3. The molecule has 1 saturated carbocycles. The fraction of sp³-hybridized carbons (Fsp3) is 0.571. The van der Waals surface area contributed by atoms with Gasteiger partial charge in [0.2, 0.25) is 0 Å². The Labute approximate surface area is 112 Å². The van der Waals surface area contributed by atoms with Crippen LogP contribution in [0.15, 0.2) is 12.3 Å². The molecule has 0 atom stereocenters. The Bertz CT molecular complexity index is 555. The van der Waals surface area contributed by atoms with Crippen LogP contribution < -0.4 is 0 Å². The summed E-state index contributed by atoms with van der Waals surface area (Å²) in [5.41, 5.74) is 3.21. The lowest BCUT2D eigenvalue weighted by Gasteiger charge is -2.24. The van der Waals surface area contributed by atoms with E-state index in [0.717, 1.165) is 17.0 Å². The van der Waals surface area contributed by atoms with Crippen LogP contribution in [0.3, 0.4) is 0 Å². The highest BCUT2D eigenvalue weighted by molar-refractivity contribution is 6.16. The Kier molecular flexibility index (Phi) is 3.25. The zero-order chi connectivity index (χ0) is 12.5.